The molecule has 0 radical (unpaired) electrons. The number of piperazine rings is 1. The Hall–Kier alpha value is -0.630. The number of rotatable bonds is 5. The van der Waals surface area contributed by atoms with Gasteiger partial charge >= 0.3 is 0 Å². The molecular weight excluding hydrogens is 202 g/mol. The number of hydrogen-bond donors (Lipinski definition) is 1. The Morgan fingerprint density at radius 1 is 1.50 bits per heavy atom. The van der Waals surface area contributed by atoms with Crippen LogP contribution in [0.3, 0.4) is 0 Å². The molecule has 2 atom stereocenters. The Bertz CT molecular complexity index is 237. The van der Waals surface area contributed by atoms with E-state index in [9.17, 15) is 5.11 Å². The molecule has 0 aromatic rings. The summed E-state index contributed by atoms with van der Waals surface area (Å²) in [5, 5.41) is 17.9. The quantitative estimate of drug-likeness (QED) is 0.699. The predicted octanol–water partition coefficient (Wildman–Crippen LogP) is 0.677. The second kappa shape index (κ2) is 6.85. The Labute approximate surface area is 98.5 Å². The molecule has 0 spiro atoms. The molecule has 1 fully saturated rings. The molecule has 0 aromatic heterocycles. The molecule has 1 heterocycles. The van der Waals surface area contributed by atoms with Gasteiger partial charge in [0, 0.05) is 38.6 Å². The van der Waals surface area contributed by atoms with Crippen molar-refractivity contribution in [3.63, 3.8) is 0 Å². The van der Waals surface area contributed by atoms with Gasteiger partial charge in [0.05, 0.1) is 12.2 Å². The minimum Gasteiger partial charge on any atom is -0.392 e. The van der Waals surface area contributed by atoms with Crippen molar-refractivity contribution in [3.05, 3.63) is 0 Å². The Kier molecular flexibility index (Phi) is 5.75. The maximum absolute atomic E-state index is 9.37. The van der Waals surface area contributed by atoms with E-state index in [1.165, 1.54) is 0 Å². The van der Waals surface area contributed by atoms with Gasteiger partial charge in [-0.2, -0.15) is 5.26 Å². The van der Waals surface area contributed by atoms with Crippen LogP contribution in [-0.2, 0) is 0 Å². The smallest absolute Gasteiger partial charge is 0.0639 e. The largest absolute Gasteiger partial charge is 0.392 e. The van der Waals surface area contributed by atoms with Gasteiger partial charge in [-0.15, -0.1) is 0 Å². The van der Waals surface area contributed by atoms with Crippen LogP contribution in [0.25, 0.3) is 0 Å². The molecule has 0 unspecified atom stereocenters. The van der Waals surface area contributed by atoms with E-state index in [-0.39, 0.29) is 6.10 Å². The Morgan fingerprint density at radius 3 is 2.81 bits per heavy atom. The summed E-state index contributed by atoms with van der Waals surface area (Å²) in [5.41, 5.74) is 0. The molecule has 0 aromatic carbocycles. The van der Waals surface area contributed by atoms with Gasteiger partial charge in [-0.25, -0.2) is 0 Å². The van der Waals surface area contributed by atoms with E-state index < -0.39 is 0 Å². The zero-order chi connectivity index (χ0) is 12.0. The van der Waals surface area contributed by atoms with Crippen LogP contribution in [-0.4, -0.2) is 59.8 Å². The van der Waals surface area contributed by atoms with Crippen LogP contribution in [0.2, 0.25) is 0 Å². The molecule has 92 valence electrons. The summed E-state index contributed by atoms with van der Waals surface area (Å²) in [6.45, 7) is 8.98. The second-order valence-electron chi connectivity index (χ2n) is 4.76. The standard InChI is InChI=1S/C12H23N3O/c1-11-9-14(6-4-3-5-13)7-8-15(11)10-12(2)16/h11-12,16H,3-4,6-10H2,1-2H3/t11-,12-/m1/s1. The fourth-order valence-electron chi connectivity index (χ4n) is 2.27. The topological polar surface area (TPSA) is 50.5 Å². The summed E-state index contributed by atoms with van der Waals surface area (Å²) in [5.74, 6) is 0. The van der Waals surface area contributed by atoms with Crippen molar-refractivity contribution < 1.29 is 5.11 Å². The van der Waals surface area contributed by atoms with Crippen LogP contribution in [0.15, 0.2) is 0 Å². The first kappa shape index (κ1) is 13.4. The SMILES string of the molecule is C[C@@H]1CN(CCCC#N)CCN1C[C@@H](C)O. The summed E-state index contributed by atoms with van der Waals surface area (Å²) in [6, 6.07) is 2.69. The van der Waals surface area contributed by atoms with Crippen molar-refractivity contribution in [3.8, 4) is 6.07 Å². The van der Waals surface area contributed by atoms with Crippen LogP contribution in [0.4, 0.5) is 0 Å². The monoisotopic (exact) mass is 225 g/mol. The lowest BCUT2D eigenvalue weighted by atomic mass is 10.1. The highest BCUT2D eigenvalue weighted by Crippen LogP contribution is 2.10. The van der Waals surface area contributed by atoms with Gasteiger partial charge in [-0.3, -0.25) is 4.90 Å². The number of β-amino-alcohol motifs (C(OH)–C–C–N with tert-alkyl or cyclic N) is 1. The minimum atomic E-state index is -0.243. The number of nitrogens with zero attached hydrogens (tertiary/aromatic N) is 3. The Morgan fingerprint density at radius 2 is 2.25 bits per heavy atom. The summed E-state index contributed by atoms with van der Waals surface area (Å²) >= 11 is 0. The first-order valence-corrected chi connectivity index (χ1v) is 6.15. The van der Waals surface area contributed by atoms with Crippen molar-refractivity contribution in [2.24, 2.45) is 0 Å². The fourth-order valence-corrected chi connectivity index (χ4v) is 2.27. The van der Waals surface area contributed by atoms with Gasteiger partial charge in [-0.05, 0) is 26.8 Å². The number of unbranched alkanes of at least 4 members (excludes halogenated alkanes) is 1. The highest BCUT2D eigenvalue weighted by atomic mass is 16.3. The number of aliphatic hydroxyl groups excluding tert-OH is 1. The molecule has 1 N–H and O–H groups in total. The van der Waals surface area contributed by atoms with E-state index in [0.29, 0.717) is 12.5 Å². The first-order valence-electron chi connectivity index (χ1n) is 6.15. The van der Waals surface area contributed by atoms with Crippen LogP contribution in [0, 0.1) is 11.3 Å². The summed E-state index contributed by atoms with van der Waals surface area (Å²) < 4.78 is 0. The molecule has 4 nitrogen and oxygen atoms in total. The zero-order valence-corrected chi connectivity index (χ0v) is 10.4. The molecule has 0 saturated carbocycles. The van der Waals surface area contributed by atoms with E-state index in [1.807, 2.05) is 6.92 Å². The highest BCUT2D eigenvalue weighted by molar-refractivity contribution is 4.80. The van der Waals surface area contributed by atoms with Crippen LogP contribution >= 0.6 is 0 Å². The molecule has 4 heteroatoms. The summed E-state index contributed by atoms with van der Waals surface area (Å²) in [6.07, 6.45) is 1.38. The van der Waals surface area contributed by atoms with E-state index in [1.54, 1.807) is 0 Å². The number of hydrogen-bond acceptors (Lipinski definition) is 4. The molecule has 16 heavy (non-hydrogen) atoms. The predicted molar refractivity (Wildman–Crippen MR) is 64.0 cm³/mol. The molecule has 1 aliphatic rings. The third-order valence-corrected chi connectivity index (χ3v) is 3.11. The van der Waals surface area contributed by atoms with Gasteiger partial charge in [0.2, 0.25) is 0 Å². The third kappa shape index (κ3) is 4.48. The molecular formula is C12H23N3O. The lowest BCUT2D eigenvalue weighted by Crippen LogP contribution is -2.53. The van der Waals surface area contributed by atoms with Crippen molar-refractivity contribution in [1.29, 1.82) is 5.26 Å². The van der Waals surface area contributed by atoms with Crippen molar-refractivity contribution in [2.75, 3.05) is 32.7 Å². The zero-order valence-electron chi connectivity index (χ0n) is 10.4. The first-order chi connectivity index (χ1) is 7.63. The molecule has 0 amide bonds. The van der Waals surface area contributed by atoms with Crippen LogP contribution in [0.1, 0.15) is 26.7 Å². The third-order valence-electron chi connectivity index (χ3n) is 3.11. The minimum absolute atomic E-state index is 0.243. The Balaban J connectivity index is 2.25. The average Bonchev–Trinajstić information content (AvgIpc) is 2.22. The highest BCUT2D eigenvalue weighted by Gasteiger charge is 2.23. The van der Waals surface area contributed by atoms with Gasteiger partial charge in [0.1, 0.15) is 0 Å². The van der Waals surface area contributed by atoms with Gasteiger partial charge in [-0.1, -0.05) is 0 Å². The van der Waals surface area contributed by atoms with E-state index >= 15 is 0 Å². The lowest BCUT2D eigenvalue weighted by Gasteiger charge is -2.40. The molecule has 1 rings (SSSR count). The van der Waals surface area contributed by atoms with Crippen LogP contribution < -0.4 is 0 Å². The normalized spacial score (nSPS) is 25.2. The van der Waals surface area contributed by atoms with E-state index in [2.05, 4.69) is 22.8 Å². The van der Waals surface area contributed by atoms with Crippen molar-refractivity contribution in [1.82, 2.24) is 9.80 Å². The van der Waals surface area contributed by atoms with Crippen LogP contribution in [0.5, 0.6) is 0 Å². The van der Waals surface area contributed by atoms with E-state index in [0.717, 1.165) is 39.1 Å². The molecule has 1 saturated heterocycles. The molecule has 0 aliphatic carbocycles. The number of aliphatic hydroxyl groups is 1. The maximum atomic E-state index is 9.37. The van der Waals surface area contributed by atoms with Gasteiger partial charge in [0.25, 0.3) is 0 Å². The number of nitriles is 1. The van der Waals surface area contributed by atoms with Gasteiger partial charge < -0.3 is 10.0 Å². The fraction of sp³-hybridized carbons (Fsp3) is 0.917. The van der Waals surface area contributed by atoms with Crippen molar-refractivity contribution >= 4 is 0 Å². The maximum Gasteiger partial charge on any atom is 0.0639 e. The average molecular weight is 225 g/mol. The second-order valence-corrected chi connectivity index (χ2v) is 4.76. The summed E-state index contributed by atoms with van der Waals surface area (Å²) in [7, 11) is 0. The summed E-state index contributed by atoms with van der Waals surface area (Å²) in [4.78, 5) is 4.76. The molecule has 0 bridgehead atoms. The van der Waals surface area contributed by atoms with Gasteiger partial charge in [0.15, 0.2) is 0 Å². The van der Waals surface area contributed by atoms with E-state index in [4.69, 9.17) is 5.26 Å². The molecule has 1 aliphatic heterocycles. The van der Waals surface area contributed by atoms with Crippen molar-refractivity contribution in [2.45, 2.75) is 38.8 Å². The lowest BCUT2D eigenvalue weighted by molar-refractivity contribution is 0.0449.